The molecule has 5 aromatic carbocycles. The molecule has 0 spiro atoms. The van der Waals surface area contributed by atoms with Gasteiger partial charge in [-0.15, -0.1) is 0 Å². The number of fused-ring (bicyclic) bond motifs is 8. The van der Waals surface area contributed by atoms with Gasteiger partial charge in [-0.2, -0.15) is 0 Å². The Morgan fingerprint density at radius 1 is 0.576 bits per heavy atom. The molecule has 0 fully saturated rings. The fourth-order valence-corrected chi connectivity index (χ4v) is 6.42. The molecule has 0 saturated heterocycles. The maximum absolute atomic E-state index is 2.52. The molecular formula is C31H20BN. The van der Waals surface area contributed by atoms with E-state index in [0.29, 0.717) is 0 Å². The van der Waals surface area contributed by atoms with E-state index >= 15 is 0 Å². The Morgan fingerprint density at radius 2 is 1.36 bits per heavy atom. The van der Waals surface area contributed by atoms with Crippen LogP contribution >= 0.6 is 0 Å². The summed E-state index contributed by atoms with van der Waals surface area (Å²) in [6.45, 7) is 0.247. The van der Waals surface area contributed by atoms with Crippen molar-refractivity contribution in [3.05, 3.63) is 120 Å². The molecule has 0 atom stereocenters. The lowest BCUT2D eigenvalue weighted by atomic mass is 9.31. The lowest BCUT2D eigenvalue weighted by Crippen LogP contribution is -2.60. The zero-order chi connectivity index (χ0) is 21.5. The van der Waals surface area contributed by atoms with E-state index in [1.807, 2.05) is 0 Å². The smallest absolute Gasteiger partial charge is 0.248 e. The van der Waals surface area contributed by atoms with Gasteiger partial charge in [-0.25, -0.2) is 0 Å². The van der Waals surface area contributed by atoms with E-state index in [1.54, 1.807) is 0 Å². The lowest BCUT2D eigenvalue weighted by molar-refractivity contribution is 1.16. The highest BCUT2D eigenvalue weighted by Gasteiger charge is 2.39. The first-order valence-corrected chi connectivity index (χ1v) is 11.7. The van der Waals surface area contributed by atoms with Crippen LogP contribution < -0.4 is 16.4 Å². The highest BCUT2D eigenvalue weighted by atomic mass is 15.0. The zero-order valence-electron chi connectivity index (χ0n) is 18.1. The molecule has 0 amide bonds. The first-order chi connectivity index (χ1) is 16.4. The average Bonchev–Trinajstić information content (AvgIpc) is 3.23. The van der Waals surface area contributed by atoms with Crippen LogP contribution in [0.3, 0.4) is 0 Å². The quantitative estimate of drug-likeness (QED) is 0.324. The molecule has 2 aliphatic rings. The summed E-state index contributed by atoms with van der Waals surface area (Å²) >= 11 is 0. The van der Waals surface area contributed by atoms with Crippen molar-refractivity contribution in [3.63, 3.8) is 0 Å². The van der Waals surface area contributed by atoms with Crippen molar-refractivity contribution in [2.24, 2.45) is 0 Å². The molecule has 1 aromatic heterocycles. The van der Waals surface area contributed by atoms with Crippen molar-refractivity contribution >= 4 is 44.9 Å². The Hall–Kier alpha value is -4.04. The third-order valence-electron chi connectivity index (χ3n) is 7.69. The number of hydrogen-bond acceptors (Lipinski definition) is 0. The molecule has 0 radical (unpaired) electrons. The standard InChI is InChI=1S/C31H20BN/c1-2-9-20(10-3-1)23-13-8-11-21-19-22-17-18-25-24-12-4-6-15-27(24)33-28-16-7-5-14-26(28)32(29(21)23)30(22)31(25)33/h1-18H,19H2. The Kier molecular flexibility index (Phi) is 3.33. The van der Waals surface area contributed by atoms with Gasteiger partial charge in [0, 0.05) is 22.0 Å². The van der Waals surface area contributed by atoms with Gasteiger partial charge >= 0.3 is 0 Å². The Bertz CT molecular complexity index is 1740. The summed E-state index contributed by atoms with van der Waals surface area (Å²) in [7, 11) is 0. The van der Waals surface area contributed by atoms with Crippen molar-refractivity contribution in [2.75, 3.05) is 0 Å². The maximum Gasteiger partial charge on any atom is 0.248 e. The van der Waals surface area contributed by atoms with Gasteiger partial charge in [0.1, 0.15) is 0 Å². The van der Waals surface area contributed by atoms with Crippen molar-refractivity contribution in [1.82, 2.24) is 4.57 Å². The summed E-state index contributed by atoms with van der Waals surface area (Å²) in [6.07, 6.45) is 0.988. The lowest BCUT2D eigenvalue weighted by Gasteiger charge is -2.34. The minimum absolute atomic E-state index is 0.247. The van der Waals surface area contributed by atoms with Crippen molar-refractivity contribution < 1.29 is 0 Å². The van der Waals surface area contributed by atoms with E-state index in [0.717, 1.165) is 6.42 Å². The van der Waals surface area contributed by atoms with Crippen LogP contribution in [0, 0.1) is 0 Å². The first kappa shape index (κ1) is 17.5. The van der Waals surface area contributed by atoms with E-state index in [-0.39, 0.29) is 6.71 Å². The van der Waals surface area contributed by atoms with Gasteiger partial charge in [-0.05, 0) is 51.7 Å². The largest absolute Gasteiger partial charge is 0.310 e. The summed E-state index contributed by atoms with van der Waals surface area (Å²) in [5.41, 5.74) is 14.0. The molecule has 0 N–H and O–H groups in total. The average molecular weight is 417 g/mol. The second-order valence-corrected chi connectivity index (χ2v) is 9.30. The number of nitrogens with zero attached hydrogens (tertiary/aromatic N) is 1. The number of rotatable bonds is 1. The van der Waals surface area contributed by atoms with Crippen LogP contribution in [0.4, 0.5) is 0 Å². The first-order valence-electron chi connectivity index (χ1n) is 11.7. The van der Waals surface area contributed by atoms with E-state index in [9.17, 15) is 0 Å². The molecule has 2 heteroatoms. The summed E-state index contributed by atoms with van der Waals surface area (Å²) < 4.78 is 2.52. The van der Waals surface area contributed by atoms with E-state index < -0.39 is 0 Å². The molecule has 6 aromatic rings. The van der Waals surface area contributed by atoms with Crippen LogP contribution in [0.25, 0.3) is 38.6 Å². The third-order valence-corrected chi connectivity index (χ3v) is 7.69. The molecule has 0 bridgehead atoms. The molecule has 0 saturated carbocycles. The van der Waals surface area contributed by atoms with Gasteiger partial charge in [0.25, 0.3) is 0 Å². The van der Waals surface area contributed by atoms with Crippen LogP contribution in [0.15, 0.2) is 109 Å². The molecule has 2 aliphatic heterocycles. The number of hydrogen-bond donors (Lipinski definition) is 0. The number of aromatic nitrogens is 1. The number of para-hydroxylation sites is 2. The fraction of sp³-hybridized carbons (Fsp3) is 0.0323. The van der Waals surface area contributed by atoms with Gasteiger partial charge in [-0.3, -0.25) is 0 Å². The highest BCUT2D eigenvalue weighted by molar-refractivity contribution is 6.99. The molecule has 1 nitrogen and oxygen atoms in total. The van der Waals surface area contributed by atoms with E-state index in [4.69, 9.17) is 0 Å². The van der Waals surface area contributed by atoms with Crippen LogP contribution in [-0.2, 0) is 6.42 Å². The van der Waals surface area contributed by atoms with E-state index in [2.05, 4.69) is 114 Å². The topological polar surface area (TPSA) is 4.93 Å². The van der Waals surface area contributed by atoms with Crippen molar-refractivity contribution in [3.8, 4) is 16.8 Å². The SMILES string of the molecule is c1ccc(-c2cccc3c2B2c4ccccc4-n4c5ccccc5c5ccc(c2c54)C3)cc1. The molecule has 33 heavy (non-hydrogen) atoms. The van der Waals surface area contributed by atoms with Crippen LogP contribution in [0.1, 0.15) is 11.1 Å². The predicted octanol–water partition coefficient (Wildman–Crippen LogP) is 5.18. The molecular weight excluding hydrogens is 397 g/mol. The summed E-state index contributed by atoms with van der Waals surface area (Å²) in [5.74, 6) is 0. The molecule has 3 heterocycles. The monoisotopic (exact) mass is 417 g/mol. The van der Waals surface area contributed by atoms with Gasteiger partial charge in [0.05, 0.1) is 5.52 Å². The van der Waals surface area contributed by atoms with Gasteiger partial charge in [0.15, 0.2) is 0 Å². The van der Waals surface area contributed by atoms with Crippen molar-refractivity contribution in [2.45, 2.75) is 6.42 Å². The van der Waals surface area contributed by atoms with Crippen LogP contribution in [0.5, 0.6) is 0 Å². The summed E-state index contributed by atoms with van der Waals surface area (Å²) in [6, 6.07) is 40.4. The zero-order valence-corrected chi connectivity index (χ0v) is 18.1. The van der Waals surface area contributed by atoms with Crippen molar-refractivity contribution in [1.29, 1.82) is 0 Å². The predicted molar refractivity (Wildman–Crippen MR) is 140 cm³/mol. The molecule has 8 rings (SSSR count). The van der Waals surface area contributed by atoms with E-state index in [1.165, 1.54) is 66.1 Å². The molecule has 152 valence electrons. The second-order valence-electron chi connectivity index (χ2n) is 9.30. The Balaban J connectivity index is 1.57. The fourth-order valence-electron chi connectivity index (χ4n) is 6.42. The van der Waals surface area contributed by atoms with Gasteiger partial charge in [-0.1, -0.05) is 103 Å². The molecule has 0 aliphatic carbocycles. The molecule has 0 unspecified atom stereocenters. The van der Waals surface area contributed by atoms with Crippen LogP contribution in [-0.4, -0.2) is 11.3 Å². The Labute approximate surface area is 193 Å². The highest BCUT2D eigenvalue weighted by Crippen LogP contribution is 2.36. The minimum atomic E-state index is 0.247. The van der Waals surface area contributed by atoms with Gasteiger partial charge < -0.3 is 4.57 Å². The Morgan fingerprint density at radius 3 is 2.30 bits per heavy atom. The van der Waals surface area contributed by atoms with Gasteiger partial charge in [0.2, 0.25) is 6.71 Å². The normalized spacial score (nSPS) is 13.3. The summed E-state index contributed by atoms with van der Waals surface area (Å²) in [4.78, 5) is 0. The third kappa shape index (κ3) is 2.18. The van der Waals surface area contributed by atoms with Crippen LogP contribution in [0.2, 0.25) is 0 Å². The minimum Gasteiger partial charge on any atom is -0.310 e. The number of benzene rings is 5. The summed E-state index contributed by atoms with van der Waals surface area (Å²) in [5, 5.41) is 2.71. The second kappa shape index (κ2) is 6.27. The maximum atomic E-state index is 2.52.